The minimum Gasteiger partial charge on any atom is -0.310 e. The van der Waals surface area contributed by atoms with Crippen LogP contribution in [0.25, 0.3) is 11.3 Å². The van der Waals surface area contributed by atoms with Gasteiger partial charge in [-0.25, -0.2) is 9.37 Å². The number of benzene rings is 1. The van der Waals surface area contributed by atoms with Crippen molar-refractivity contribution in [1.29, 1.82) is 0 Å². The first-order valence-corrected chi connectivity index (χ1v) is 5.75. The van der Waals surface area contributed by atoms with Crippen molar-refractivity contribution in [2.24, 2.45) is 0 Å². The van der Waals surface area contributed by atoms with Crippen LogP contribution in [0.15, 0.2) is 35.1 Å². The van der Waals surface area contributed by atoms with Gasteiger partial charge >= 0.3 is 0 Å². The van der Waals surface area contributed by atoms with Crippen molar-refractivity contribution >= 4 is 0 Å². The molecular formula is C14H15FN2O. The van der Waals surface area contributed by atoms with E-state index < -0.39 is 0 Å². The van der Waals surface area contributed by atoms with E-state index in [9.17, 15) is 9.18 Å². The third-order valence-corrected chi connectivity index (χ3v) is 2.60. The Bertz CT molecular complexity index is 626. The summed E-state index contributed by atoms with van der Waals surface area (Å²) in [6.45, 7) is 5.82. The van der Waals surface area contributed by atoms with Gasteiger partial charge in [0, 0.05) is 17.0 Å². The van der Waals surface area contributed by atoms with Gasteiger partial charge in [0.25, 0.3) is 5.56 Å². The maximum absolute atomic E-state index is 13.7. The quantitative estimate of drug-likeness (QED) is 0.841. The third kappa shape index (κ3) is 2.47. The molecule has 0 unspecified atom stereocenters. The smallest absolute Gasteiger partial charge is 0.251 e. The molecule has 1 aromatic carbocycles. The van der Waals surface area contributed by atoms with Crippen LogP contribution in [0.4, 0.5) is 4.39 Å². The highest BCUT2D eigenvalue weighted by Gasteiger charge is 2.18. The summed E-state index contributed by atoms with van der Waals surface area (Å²) < 4.78 is 13.7. The summed E-state index contributed by atoms with van der Waals surface area (Å²) in [5.41, 5.74) is 0.143. The van der Waals surface area contributed by atoms with Crippen LogP contribution in [-0.4, -0.2) is 9.97 Å². The van der Waals surface area contributed by atoms with E-state index in [1.165, 1.54) is 12.1 Å². The highest BCUT2D eigenvalue weighted by molar-refractivity contribution is 5.59. The second kappa shape index (κ2) is 4.37. The highest BCUT2D eigenvalue weighted by Crippen LogP contribution is 2.22. The van der Waals surface area contributed by atoms with Crippen molar-refractivity contribution in [2.75, 3.05) is 0 Å². The van der Waals surface area contributed by atoms with Crippen LogP contribution < -0.4 is 5.56 Å². The van der Waals surface area contributed by atoms with Gasteiger partial charge in [-0.15, -0.1) is 0 Å². The van der Waals surface area contributed by atoms with Crippen LogP contribution in [0.1, 0.15) is 26.6 Å². The summed E-state index contributed by atoms with van der Waals surface area (Å²) in [5, 5.41) is 0. The third-order valence-electron chi connectivity index (χ3n) is 2.60. The Morgan fingerprint density at radius 2 is 1.89 bits per heavy atom. The normalized spacial score (nSPS) is 11.6. The number of hydrogen-bond donors (Lipinski definition) is 1. The number of hydrogen-bond acceptors (Lipinski definition) is 2. The zero-order valence-electron chi connectivity index (χ0n) is 10.6. The summed E-state index contributed by atoms with van der Waals surface area (Å²) in [6.07, 6.45) is 0. The molecule has 0 amide bonds. The SMILES string of the molecule is CC(C)(C)c1nc(-c2ccccc2F)cc(=O)[nH]1. The predicted octanol–water partition coefficient (Wildman–Crippen LogP) is 2.87. The van der Waals surface area contributed by atoms with Gasteiger partial charge in [-0.2, -0.15) is 0 Å². The molecule has 0 radical (unpaired) electrons. The molecule has 4 heteroatoms. The lowest BCUT2D eigenvalue weighted by Gasteiger charge is -2.17. The summed E-state index contributed by atoms with van der Waals surface area (Å²) in [4.78, 5) is 18.7. The minimum absolute atomic E-state index is 0.270. The topological polar surface area (TPSA) is 45.8 Å². The first-order valence-electron chi connectivity index (χ1n) is 5.75. The molecule has 0 saturated heterocycles. The molecule has 3 nitrogen and oxygen atoms in total. The van der Waals surface area contributed by atoms with Crippen molar-refractivity contribution in [3.05, 3.63) is 52.3 Å². The molecular weight excluding hydrogens is 231 g/mol. The number of nitrogens with one attached hydrogen (secondary N) is 1. The fraction of sp³-hybridized carbons (Fsp3) is 0.286. The Labute approximate surface area is 105 Å². The molecule has 0 atom stereocenters. The number of rotatable bonds is 1. The molecule has 18 heavy (non-hydrogen) atoms. The minimum atomic E-state index is -0.379. The lowest BCUT2D eigenvalue weighted by Crippen LogP contribution is -2.22. The lowest BCUT2D eigenvalue weighted by atomic mass is 9.95. The Balaban J connectivity index is 2.63. The van der Waals surface area contributed by atoms with Crippen molar-refractivity contribution in [3.8, 4) is 11.3 Å². The summed E-state index contributed by atoms with van der Waals surface area (Å²) in [7, 11) is 0. The summed E-state index contributed by atoms with van der Waals surface area (Å²) in [5.74, 6) is 0.170. The van der Waals surface area contributed by atoms with E-state index in [2.05, 4.69) is 9.97 Å². The Hall–Kier alpha value is -1.97. The van der Waals surface area contributed by atoms with Crippen LogP contribution in [0.3, 0.4) is 0 Å². The van der Waals surface area contributed by atoms with E-state index in [-0.39, 0.29) is 16.8 Å². The largest absolute Gasteiger partial charge is 0.310 e. The molecule has 94 valence electrons. The molecule has 2 rings (SSSR count). The van der Waals surface area contributed by atoms with E-state index >= 15 is 0 Å². The summed E-state index contributed by atoms with van der Waals surface area (Å²) in [6, 6.07) is 7.61. The standard InChI is InChI=1S/C14H15FN2O/c1-14(2,3)13-16-11(8-12(18)17-13)9-6-4-5-7-10(9)15/h4-8H,1-3H3,(H,16,17,18). The number of H-pyrrole nitrogens is 1. The average Bonchev–Trinajstić information content (AvgIpc) is 2.27. The molecule has 1 aromatic heterocycles. The Morgan fingerprint density at radius 3 is 2.50 bits per heavy atom. The Morgan fingerprint density at radius 1 is 1.22 bits per heavy atom. The first-order chi connectivity index (χ1) is 8.38. The molecule has 0 bridgehead atoms. The van der Waals surface area contributed by atoms with Crippen LogP contribution >= 0.6 is 0 Å². The lowest BCUT2D eigenvalue weighted by molar-refractivity contribution is 0.543. The maximum Gasteiger partial charge on any atom is 0.251 e. The molecule has 2 aromatic rings. The van der Waals surface area contributed by atoms with Gasteiger partial charge in [0.1, 0.15) is 11.6 Å². The fourth-order valence-electron chi connectivity index (χ4n) is 1.62. The van der Waals surface area contributed by atoms with Crippen LogP contribution in [-0.2, 0) is 5.41 Å². The molecule has 0 aliphatic rings. The van der Waals surface area contributed by atoms with E-state index in [0.717, 1.165) is 0 Å². The zero-order chi connectivity index (χ0) is 13.3. The highest BCUT2D eigenvalue weighted by atomic mass is 19.1. The number of aromatic nitrogens is 2. The monoisotopic (exact) mass is 246 g/mol. The second-order valence-corrected chi connectivity index (χ2v) is 5.21. The van der Waals surface area contributed by atoms with Gasteiger partial charge in [0.15, 0.2) is 0 Å². The maximum atomic E-state index is 13.7. The van der Waals surface area contributed by atoms with Crippen LogP contribution in [0.5, 0.6) is 0 Å². The van der Waals surface area contributed by atoms with Crippen LogP contribution in [0, 0.1) is 5.82 Å². The Kier molecular flexibility index (Phi) is 3.03. The van der Waals surface area contributed by atoms with Crippen molar-refractivity contribution < 1.29 is 4.39 Å². The molecule has 0 fully saturated rings. The van der Waals surface area contributed by atoms with Gasteiger partial charge in [-0.05, 0) is 12.1 Å². The van der Waals surface area contributed by atoms with Crippen molar-refractivity contribution in [3.63, 3.8) is 0 Å². The average molecular weight is 246 g/mol. The molecule has 1 heterocycles. The van der Waals surface area contributed by atoms with Gasteiger partial charge in [0.05, 0.1) is 5.69 Å². The van der Waals surface area contributed by atoms with E-state index in [0.29, 0.717) is 17.1 Å². The number of halogens is 1. The predicted molar refractivity (Wildman–Crippen MR) is 69.0 cm³/mol. The molecule has 0 saturated carbocycles. The van der Waals surface area contributed by atoms with E-state index in [4.69, 9.17) is 0 Å². The van der Waals surface area contributed by atoms with Gasteiger partial charge in [-0.1, -0.05) is 32.9 Å². The first kappa shape index (κ1) is 12.5. The number of aromatic amines is 1. The van der Waals surface area contributed by atoms with Gasteiger partial charge in [-0.3, -0.25) is 4.79 Å². The number of nitrogens with zero attached hydrogens (tertiary/aromatic N) is 1. The van der Waals surface area contributed by atoms with E-state index in [1.807, 2.05) is 20.8 Å². The molecule has 0 spiro atoms. The van der Waals surface area contributed by atoms with E-state index in [1.54, 1.807) is 18.2 Å². The molecule has 0 aliphatic heterocycles. The molecule has 1 N–H and O–H groups in total. The van der Waals surface area contributed by atoms with Crippen molar-refractivity contribution in [1.82, 2.24) is 9.97 Å². The fourth-order valence-corrected chi connectivity index (χ4v) is 1.62. The second-order valence-electron chi connectivity index (χ2n) is 5.21. The molecule has 0 aliphatic carbocycles. The summed E-state index contributed by atoms with van der Waals surface area (Å²) >= 11 is 0. The van der Waals surface area contributed by atoms with Gasteiger partial charge < -0.3 is 4.98 Å². The zero-order valence-corrected chi connectivity index (χ0v) is 10.6. The van der Waals surface area contributed by atoms with Crippen molar-refractivity contribution in [2.45, 2.75) is 26.2 Å². The van der Waals surface area contributed by atoms with Crippen LogP contribution in [0.2, 0.25) is 0 Å². The van der Waals surface area contributed by atoms with Gasteiger partial charge in [0.2, 0.25) is 0 Å².